The van der Waals surface area contributed by atoms with E-state index in [4.69, 9.17) is 9.47 Å². The number of benzene rings is 14. The molecule has 14 aromatic carbocycles. The van der Waals surface area contributed by atoms with Gasteiger partial charge in [-0.3, -0.25) is 0 Å². The second kappa shape index (κ2) is 25.0. The lowest BCUT2D eigenvalue weighted by Crippen LogP contribution is -2.29. The molecule has 470 valence electrons. The molecule has 14 aromatic rings. The van der Waals surface area contributed by atoms with Crippen LogP contribution in [0.2, 0.25) is 0 Å². The van der Waals surface area contributed by atoms with Crippen LogP contribution in [0.4, 0.5) is 51.7 Å². The summed E-state index contributed by atoms with van der Waals surface area (Å²) in [7, 11) is 0. The number of rotatable bonds is 17. The quantitative estimate of drug-likeness (QED) is 0.0849. The van der Waals surface area contributed by atoms with E-state index < -0.39 is 22.5 Å². The number of hydrogen-bond donors (Lipinski definition) is 0. The van der Waals surface area contributed by atoms with E-state index in [1.54, 1.807) is 48.6 Å². The van der Waals surface area contributed by atoms with Crippen LogP contribution in [0, 0.1) is 23.3 Å². The maximum atomic E-state index is 15.8. The first-order chi connectivity index (χ1) is 48.0. The highest BCUT2D eigenvalue weighted by atomic mass is 19.1. The SMILES string of the molecule is C=Cc1ccc(Oc2ccc(C3(c4cccc(F)c4)c4ccccc4-c4ccc(N(c5ccc(-c6ccc(N(c7cccc(F)c7)c7ccc8c(c7)[C@](c7ccc(Oc9ccc(C=C)cc9)cc7)(c7cccc(F)c7)c7ccccc7-8)cc6)cc5)c5cccc(F)c5)cc43)cc2)cc1. The molecule has 1 unspecified atom stereocenters. The van der Waals surface area contributed by atoms with Crippen molar-refractivity contribution in [2.75, 3.05) is 9.80 Å². The van der Waals surface area contributed by atoms with E-state index >= 15 is 17.6 Å². The normalized spacial score (nSPS) is 14.7. The van der Waals surface area contributed by atoms with Crippen LogP contribution in [0.25, 0.3) is 45.5 Å². The molecular weight excluding hydrogens is 1220 g/mol. The Labute approximate surface area is 566 Å². The Hall–Kier alpha value is -12.5. The summed E-state index contributed by atoms with van der Waals surface area (Å²) >= 11 is 0. The van der Waals surface area contributed by atoms with E-state index in [0.717, 1.165) is 112 Å². The lowest BCUT2D eigenvalue weighted by Gasteiger charge is -2.35. The summed E-state index contributed by atoms with van der Waals surface area (Å²) in [6.07, 6.45) is 3.58. The third kappa shape index (κ3) is 10.6. The van der Waals surface area contributed by atoms with E-state index in [2.05, 4.69) is 122 Å². The lowest BCUT2D eigenvalue weighted by molar-refractivity contribution is 0.482. The lowest BCUT2D eigenvalue weighted by atomic mass is 9.67. The monoisotopic (exact) mass is 1280 g/mol. The average Bonchev–Trinajstić information content (AvgIpc) is 1.53. The Balaban J connectivity index is 0.767. The minimum absolute atomic E-state index is 0.361. The fourth-order valence-electron chi connectivity index (χ4n) is 14.7. The number of halogens is 4. The number of fused-ring (bicyclic) bond motifs is 6. The Bertz CT molecular complexity index is 5030. The van der Waals surface area contributed by atoms with Gasteiger partial charge in [0.15, 0.2) is 0 Å². The van der Waals surface area contributed by atoms with Gasteiger partial charge >= 0.3 is 0 Å². The van der Waals surface area contributed by atoms with E-state index in [1.807, 2.05) is 155 Å². The summed E-state index contributed by atoms with van der Waals surface area (Å²) < 4.78 is 75.7. The second-order valence-electron chi connectivity index (χ2n) is 24.6. The Morgan fingerprint density at radius 1 is 0.255 bits per heavy atom. The predicted molar refractivity (Wildman–Crippen MR) is 389 cm³/mol. The van der Waals surface area contributed by atoms with Gasteiger partial charge in [-0.1, -0.05) is 195 Å². The van der Waals surface area contributed by atoms with Crippen molar-refractivity contribution in [2.24, 2.45) is 0 Å². The second-order valence-corrected chi connectivity index (χ2v) is 24.6. The maximum absolute atomic E-state index is 15.8. The molecule has 0 heterocycles. The van der Waals surface area contributed by atoms with E-state index in [9.17, 15) is 0 Å². The highest BCUT2D eigenvalue weighted by molar-refractivity contribution is 5.92. The Morgan fingerprint density at radius 2 is 0.571 bits per heavy atom. The van der Waals surface area contributed by atoms with Gasteiger partial charge < -0.3 is 19.3 Å². The van der Waals surface area contributed by atoms with Crippen LogP contribution in [0.5, 0.6) is 23.0 Å². The molecule has 0 aliphatic heterocycles. The van der Waals surface area contributed by atoms with E-state index in [-0.39, 0.29) is 11.6 Å². The van der Waals surface area contributed by atoms with Crippen LogP contribution < -0.4 is 19.3 Å². The minimum atomic E-state index is -0.995. The van der Waals surface area contributed by atoms with Crippen molar-refractivity contribution in [2.45, 2.75) is 10.8 Å². The predicted octanol–water partition coefficient (Wildman–Crippen LogP) is 24.4. The summed E-state index contributed by atoms with van der Waals surface area (Å²) in [5, 5.41) is 0. The van der Waals surface area contributed by atoms with Crippen LogP contribution in [-0.4, -0.2) is 0 Å². The maximum Gasteiger partial charge on any atom is 0.127 e. The molecule has 0 saturated carbocycles. The van der Waals surface area contributed by atoms with Crippen LogP contribution in [-0.2, 0) is 10.8 Å². The van der Waals surface area contributed by atoms with Gasteiger partial charge in [-0.15, -0.1) is 0 Å². The van der Waals surface area contributed by atoms with Crippen molar-refractivity contribution in [3.8, 4) is 56.4 Å². The fourth-order valence-corrected chi connectivity index (χ4v) is 14.7. The molecule has 4 nitrogen and oxygen atoms in total. The van der Waals surface area contributed by atoms with Crippen LogP contribution in [0.15, 0.2) is 341 Å². The molecule has 98 heavy (non-hydrogen) atoms. The zero-order chi connectivity index (χ0) is 66.5. The summed E-state index contributed by atoms with van der Waals surface area (Å²) in [5.41, 5.74) is 17.3. The van der Waals surface area contributed by atoms with Gasteiger partial charge in [0, 0.05) is 34.1 Å². The first-order valence-corrected chi connectivity index (χ1v) is 32.4. The van der Waals surface area contributed by atoms with E-state index in [0.29, 0.717) is 34.4 Å². The highest BCUT2D eigenvalue weighted by Crippen LogP contribution is 2.60. The van der Waals surface area contributed by atoms with Crippen molar-refractivity contribution in [1.82, 2.24) is 0 Å². The topological polar surface area (TPSA) is 24.9 Å². The molecule has 0 amide bonds. The zero-order valence-electron chi connectivity index (χ0n) is 53.0. The summed E-state index contributed by atoms with van der Waals surface area (Å²) in [4.78, 5) is 4.10. The molecule has 0 N–H and O–H groups in total. The van der Waals surface area contributed by atoms with Crippen molar-refractivity contribution in [3.05, 3.63) is 420 Å². The fraction of sp³-hybridized carbons (Fsp3) is 0.0222. The van der Waals surface area contributed by atoms with Gasteiger partial charge in [-0.05, 0) is 247 Å². The number of ether oxygens (including phenoxy) is 2. The van der Waals surface area contributed by atoms with Crippen molar-refractivity contribution in [3.63, 3.8) is 0 Å². The van der Waals surface area contributed by atoms with Crippen LogP contribution in [0.3, 0.4) is 0 Å². The van der Waals surface area contributed by atoms with Gasteiger partial charge in [0.1, 0.15) is 46.3 Å². The zero-order valence-corrected chi connectivity index (χ0v) is 53.0. The van der Waals surface area contributed by atoms with Crippen LogP contribution in [0.1, 0.15) is 55.6 Å². The first-order valence-electron chi connectivity index (χ1n) is 32.4. The minimum Gasteiger partial charge on any atom is -0.457 e. The molecule has 0 bridgehead atoms. The molecule has 0 saturated heterocycles. The van der Waals surface area contributed by atoms with Gasteiger partial charge in [-0.2, -0.15) is 0 Å². The Kier molecular flexibility index (Phi) is 15.4. The van der Waals surface area contributed by atoms with Gasteiger partial charge in [0.2, 0.25) is 0 Å². The van der Waals surface area contributed by atoms with Gasteiger partial charge in [0.05, 0.1) is 10.8 Å². The molecule has 0 fully saturated rings. The van der Waals surface area contributed by atoms with Crippen LogP contribution >= 0.6 is 0 Å². The molecule has 2 aliphatic carbocycles. The number of hydrogen-bond acceptors (Lipinski definition) is 4. The Morgan fingerprint density at radius 3 is 0.929 bits per heavy atom. The summed E-state index contributed by atoms with van der Waals surface area (Å²) in [6.45, 7) is 7.76. The molecule has 0 radical (unpaired) electrons. The summed E-state index contributed by atoms with van der Waals surface area (Å²) in [6, 6.07) is 104. The third-order valence-electron chi connectivity index (χ3n) is 19.1. The van der Waals surface area contributed by atoms with Crippen molar-refractivity contribution < 1.29 is 27.0 Å². The first kappa shape index (κ1) is 60.4. The van der Waals surface area contributed by atoms with Crippen molar-refractivity contribution >= 4 is 46.3 Å². The van der Waals surface area contributed by atoms with Crippen molar-refractivity contribution in [1.29, 1.82) is 0 Å². The molecular formula is C90H60F4N2O2. The molecule has 0 spiro atoms. The standard InChI is InChI=1S/C90H60F4N2O2/c1-3-59-25-43-77(44-26-59)97-79-47-33-63(34-48-79)89(65-13-9-15-67(91)53-65)85-23-7-5-21-81(85)83-51-41-75(57-87(83)89)95(73-19-11-17-69(93)55-73)71-37-29-61(30-38-71)62-31-39-72(40-32-62)96(74-20-12-18-70(94)56-74)76-42-52-84-82-22-6-8-24-86(82)90(88(84)58-76,66-14-10-16-68(92)54-66)64-35-49-80(50-36-64)98-78-45-27-60(4-2)28-46-78/h3-58H,1-2H2/t89-,90?/m1/s1. The average molecular weight is 1280 g/mol. The van der Waals surface area contributed by atoms with E-state index in [1.165, 1.54) is 36.4 Å². The van der Waals surface area contributed by atoms with Gasteiger partial charge in [0.25, 0.3) is 0 Å². The molecule has 2 aliphatic rings. The molecule has 8 heteroatoms. The third-order valence-corrected chi connectivity index (χ3v) is 19.1. The smallest absolute Gasteiger partial charge is 0.127 e. The summed E-state index contributed by atoms with van der Waals surface area (Å²) in [5.74, 6) is 1.15. The highest BCUT2D eigenvalue weighted by Gasteiger charge is 2.48. The van der Waals surface area contributed by atoms with Gasteiger partial charge in [-0.25, -0.2) is 17.6 Å². The molecule has 16 rings (SSSR count). The molecule has 0 aromatic heterocycles. The molecule has 2 atom stereocenters. The number of nitrogens with zero attached hydrogens (tertiary/aromatic N) is 2. The number of anilines is 6. The largest absolute Gasteiger partial charge is 0.457 e.